The van der Waals surface area contributed by atoms with Crippen LogP contribution in [0.2, 0.25) is 5.02 Å². The summed E-state index contributed by atoms with van der Waals surface area (Å²) in [5.74, 6) is 0.0443. The van der Waals surface area contributed by atoms with Gasteiger partial charge < -0.3 is 9.64 Å². The van der Waals surface area contributed by atoms with Crippen molar-refractivity contribution in [2.75, 3.05) is 44.9 Å². The third-order valence-electron chi connectivity index (χ3n) is 4.65. The molecule has 0 spiro atoms. The summed E-state index contributed by atoms with van der Waals surface area (Å²) in [5.41, 5.74) is 0.682. The largest absolute Gasteiger partial charge is 0.494 e. The molecule has 0 saturated carbocycles. The molecule has 0 aliphatic rings. The van der Waals surface area contributed by atoms with Crippen molar-refractivity contribution in [3.8, 4) is 5.75 Å². The van der Waals surface area contributed by atoms with Gasteiger partial charge in [0.2, 0.25) is 5.91 Å². The Hall–Kier alpha value is -2.20. The van der Waals surface area contributed by atoms with Gasteiger partial charge in [-0.2, -0.15) is 0 Å². The van der Waals surface area contributed by atoms with Gasteiger partial charge in [-0.25, -0.2) is 13.4 Å². The number of methoxy groups -OCH3 is 1. The summed E-state index contributed by atoms with van der Waals surface area (Å²) in [6.07, 6.45) is -0.147. The lowest BCUT2D eigenvalue weighted by Gasteiger charge is -2.22. The smallest absolute Gasteiger partial charge is 0.229 e. The number of aromatic nitrogens is 1. The van der Waals surface area contributed by atoms with Crippen molar-refractivity contribution >= 4 is 54.0 Å². The molecule has 1 amide bonds. The Morgan fingerprint density at radius 1 is 1.13 bits per heavy atom. The van der Waals surface area contributed by atoms with Crippen molar-refractivity contribution < 1.29 is 17.9 Å². The number of benzene rings is 2. The number of sulfone groups is 1. The molecule has 3 aromatic rings. The van der Waals surface area contributed by atoms with Crippen LogP contribution >= 0.6 is 22.9 Å². The summed E-state index contributed by atoms with van der Waals surface area (Å²) in [4.78, 5) is 21.3. The van der Waals surface area contributed by atoms with Gasteiger partial charge in [0.15, 0.2) is 15.0 Å². The average Bonchev–Trinajstić information content (AvgIpc) is 3.16. The third kappa shape index (κ3) is 5.74. The quantitative estimate of drug-likeness (QED) is 0.463. The van der Waals surface area contributed by atoms with Crippen molar-refractivity contribution in [3.05, 3.63) is 47.5 Å². The molecule has 2 aromatic carbocycles. The number of para-hydroxylation sites is 1. The highest BCUT2D eigenvalue weighted by atomic mass is 35.5. The number of fused-ring (bicyclic) bond motifs is 1. The Morgan fingerprint density at radius 3 is 2.48 bits per heavy atom. The molecule has 3 rings (SSSR count). The van der Waals surface area contributed by atoms with Gasteiger partial charge in [-0.1, -0.05) is 29.0 Å². The molecule has 0 aliphatic carbocycles. The molecular weight excluding hydrogens is 458 g/mol. The lowest BCUT2D eigenvalue weighted by atomic mass is 10.3. The third-order valence-corrected chi connectivity index (χ3v) is 7.68. The molecule has 166 valence electrons. The fourth-order valence-corrected chi connectivity index (χ4v) is 5.32. The lowest BCUT2D eigenvalue weighted by Crippen LogP contribution is -2.37. The molecule has 31 heavy (non-hydrogen) atoms. The molecule has 1 heterocycles. The van der Waals surface area contributed by atoms with E-state index in [4.69, 9.17) is 16.3 Å². The molecule has 0 radical (unpaired) electrons. The summed E-state index contributed by atoms with van der Waals surface area (Å²) >= 11 is 7.22. The molecular formula is C21H24ClN3O4S2. The number of amides is 1. The molecule has 0 atom stereocenters. The summed E-state index contributed by atoms with van der Waals surface area (Å²) in [6, 6.07) is 11.5. The van der Waals surface area contributed by atoms with Gasteiger partial charge in [-0.3, -0.25) is 9.69 Å². The van der Waals surface area contributed by atoms with E-state index in [2.05, 4.69) is 4.98 Å². The molecule has 1 aromatic heterocycles. The van der Waals surface area contributed by atoms with Crippen LogP contribution in [0.5, 0.6) is 5.75 Å². The van der Waals surface area contributed by atoms with Crippen molar-refractivity contribution in [1.29, 1.82) is 0 Å². The van der Waals surface area contributed by atoms with E-state index < -0.39 is 9.84 Å². The summed E-state index contributed by atoms with van der Waals surface area (Å²) in [6.45, 7) is 1.01. The maximum atomic E-state index is 13.1. The van der Waals surface area contributed by atoms with Crippen LogP contribution in [-0.2, 0) is 14.6 Å². The normalized spacial score (nSPS) is 11.8. The van der Waals surface area contributed by atoms with Crippen LogP contribution in [0.15, 0.2) is 47.4 Å². The molecule has 10 heteroatoms. The molecule has 0 unspecified atom stereocenters. The highest BCUT2D eigenvalue weighted by Gasteiger charge is 2.24. The molecule has 0 aliphatic heterocycles. The van der Waals surface area contributed by atoms with E-state index in [1.165, 1.54) is 35.6 Å². The van der Waals surface area contributed by atoms with Crippen LogP contribution in [0.1, 0.15) is 6.42 Å². The van der Waals surface area contributed by atoms with Crippen molar-refractivity contribution in [2.24, 2.45) is 0 Å². The topological polar surface area (TPSA) is 79.8 Å². The summed E-state index contributed by atoms with van der Waals surface area (Å²) in [5, 5.41) is 0.978. The van der Waals surface area contributed by atoms with Gasteiger partial charge in [-0.05, 0) is 50.5 Å². The SMILES string of the molecule is COc1cccc2sc(N(CCN(C)C)C(=O)CCS(=O)(=O)c3ccc(Cl)cc3)nc12. The Kier molecular flexibility index (Phi) is 7.53. The lowest BCUT2D eigenvalue weighted by molar-refractivity contribution is -0.118. The van der Waals surface area contributed by atoms with Gasteiger partial charge >= 0.3 is 0 Å². The average molecular weight is 482 g/mol. The zero-order valence-electron chi connectivity index (χ0n) is 17.5. The number of thiazole rings is 1. The van der Waals surface area contributed by atoms with Gasteiger partial charge in [-0.15, -0.1) is 0 Å². The van der Waals surface area contributed by atoms with Crippen LogP contribution in [-0.4, -0.2) is 64.3 Å². The second-order valence-electron chi connectivity index (χ2n) is 7.17. The highest BCUT2D eigenvalue weighted by molar-refractivity contribution is 7.91. The first-order valence-electron chi connectivity index (χ1n) is 9.58. The predicted octanol–water partition coefficient (Wildman–Crippen LogP) is 3.72. The minimum atomic E-state index is -3.61. The standard InChI is InChI=1S/C21H24ClN3O4S2/c1-24(2)12-13-25(21-23-20-17(29-3)5-4-6-18(20)30-21)19(26)11-14-31(27,28)16-9-7-15(22)8-10-16/h4-10H,11-14H2,1-3H3. The maximum absolute atomic E-state index is 13.1. The molecule has 0 N–H and O–H groups in total. The van der Waals surface area contributed by atoms with E-state index in [-0.39, 0.29) is 23.0 Å². The van der Waals surface area contributed by atoms with E-state index in [1.54, 1.807) is 12.0 Å². The first-order chi connectivity index (χ1) is 14.7. The maximum Gasteiger partial charge on any atom is 0.229 e. The predicted molar refractivity (Wildman–Crippen MR) is 125 cm³/mol. The Balaban J connectivity index is 1.83. The number of nitrogens with zero attached hydrogens (tertiary/aromatic N) is 3. The number of carbonyl (C=O) groups excluding carboxylic acids is 1. The minimum absolute atomic E-state index is 0.147. The zero-order chi connectivity index (χ0) is 22.6. The van der Waals surface area contributed by atoms with Crippen LogP contribution in [0.25, 0.3) is 10.2 Å². The first-order valence-corrected chi connectivity index (χ1v) is 12.4. The van der Waals surface area contributed by atoms with Gasteiger partial charge in [0.05, 0.1) is 22.5 Å². The Bertz CT molecular complexity index is 1160. The molecule has 0 saturated heterocycles. The summed E-state index contributed by atoms with van der Waals surface area (Å²) < 4.78 is 31.6. The van der Waals surface area contributed by atoms with Gasteiger partial charge in [0.1, 0.15) is 11.3 Å². The fourth-order valence-electron chi connectivity index (χ4n) is 2.94. The number of halogens is 1. The number of carbonyl (C=O) groups is 1. The van der Waals surface area contributed by atoms with Crippen LogP contribution in [0.4, 0.5) is 5.13 Å². The monoisotopic (exact) mass is 481 g/mol. The molecule has 7 nitrogen and oxygen atoms in total. The van der Waals surface area contributed by atoms with Crippen molar-refractivity contribution in [1.82, 2.24) is 9.88 Å². The number of ether oxygens (including phenoxy) is 1. The highest BCUT2D eigenvalue weighted by Crippen LogP contribution is 2.34. The van der Waals surface area contributed by atoms with Gasteiger partial charge in [0.25, 0.3) is 0 Å². The Morgan fingerprint density at radius 2 is 1.84 bits per heavy atom. The molecule has 0 bridgehead atoms. The van der Waals surface area contributed by atoms with E-state index in [0.717, 1.165) is 4.70 Å². The number of hydrogen-bond donors (Lipinski definition) is 0. The van der Waals surface area contributed by atoms with Crippen LogP contribution in [0.3, 0.4) is 0 Å². The van der Waals surface area contributed by atoms with Crippen molar-refractivity contribution in [2.45, 2.75) is 11.3 Å². The van der Waals surface area contributed by atoms with E-state index >= 15 is 0 Å². The van der Waals surface area contributed by atoms with E-state index in [0.29, 0.717) is 34.5 Å². The van der Waals surface area contributed by atoms with Crippen molar-refractivity contribution in [3.63, 3.8) is 0 Å². The Labute approximate surface area is 191 Å². The zero-order valence-corrected chi connectivity index (χ0v) is 19.9. The fraction of sp³-hybridized carbons (Fsp3) is 0.333. The number of likely N-dealkylation sites (N-methyl/N-ethyl adjacent to an activating group) is 1. The second kappa shape index (κ2) is 9.95. The van der Waals surface area contributed by atoms with Crippen LogP contribution < -0.4 is 9.64 Å². The number of hydrogen-bond acceptors (Lipinski definition) is 7. The number of rotatable bonds is 9. The first kappa shape index (κ1) is 23.5. The van der Waals surface area contributed by atoms with E-state index in [1.807, 2.05) is 37.2 Å². The van der Waals surface area contributed by atoms with Crippen LogP contribution in [0, 0.1) is 0 Å². The molecule has 0 fully saturated rings. The number of anilines is 1. The second-order valence-corrected chi connectivity index (χ2v) is 10.7. The van der Waals surface area contributed by atoms with Gasteiger partial charge in [0, 0.05) is 24.5 Å². The van der Waals surface area contributed by atoms with E-state index in [9.17, 15) is 13.2 Å². The minimum Gasteiger partial charge on any atom is -0.494 e. The summed E-state index contributed by atoms with van der Waals surface area (Å²) in [7, 11) is 1.79.